The molecule has 1 saturated carbocycles. The standard InChI is InChI=1S/C15H31N/c1-6-12(3)14(16-7-2)13-8-10-15(4,5)11-9-13/h12-14,16H,6-11H2,1-5H3. The van der Waals surface area contributed by atoms with Crippen LogP contribution in [-0.4, -0.2) is 12.6 Å². The number of rotatable bonds is 5. The van der Waals surface area contributed by atoms with Crippen molar-refractivity contribution in [1.82, 2.24) is 5.32 Å². The molecular formula is C15H31N. The molecule has 0 saturated heterocycles. The van der Waals surface area contributed by atoms with Crippen LogP contribution in [0.2, 0.25) is 0 Å². The van der Waals surface area contributed by atoms with Gasteiger partial charge in [0.2, 0.25) is 0 Å². The van der Waals surface area contributed by atoms with Gasteiger partial charge in [0, 0.05) is 6.04 Å². The topological polar surface area (TPSA) is 12.0 Å². The van der Waals surface area contributed by atoms with Crippen LogP contribution < -0.4 is 5.32 Å². The first-order chi connectivity index (χ1) is 7.50. The number of hydrogen-bond acceptors (Lipinski definition) is 1. The van der Waals surface area contributed by atoms with Gasteiger partial charge in [-0.05, 0) is 49.5 Å². The predicted molar refractivity (Wildman–Crippen MR) is 72.7 cm³/mol. The van der Waals surface area contributed by atoms with Crippen LogP contribution in [0.3, 0.4) is 0 Å². The molecule has 1 N–H and O–H groups in total. The fourth-order valence-electron chi connectivity index (χ4n) is 3.10. The van der Waals surface area contributed by atoms with Gasteiger partial charge in [0.05, 0.1) is 0 Å². The van der Waals surface area contributed by atoms with Crippen molar-refractivity contribution >= 4 is 0 Å². The predicted octanol–water partition coefficient (Wildman–Crippen LogP) is 4.23. The summed E-state index contributed by atoms with van der Waals surface area (Å²) in [5.74, 6) is 1.74. The lowest BCUT2D eigenvalue weighted by molar-refractivity contribution is 0.139. The van der Waals surface area contributed by atoms with Gasteiger partial charge < -0.3 is 5.32 Å². The zero-order chi connectivity index (χ0) is 12.2. The fourth-order valence-corrected chi connectivity index (χ4v) is 3.10. The number of nitrogens with one attached hydrogen (secondary N) is 1. The van der Waals surface area contributed by atoms with Crippen LogP contribution in [0.25, 0.3) is 0 Å². The van der Waals surface area contributed by atoms with Gasteiger partial charge in [-0.2, -0.15) is 0 Å². The first-order valence-corrected chi connectivity index (χ1v) is 7.23. The second-order valence-electron chi connectivity index (χ2n) is 6.47. The summed E-state index contributed by atoms with van der Waals surface area (Å²) in [6, 6.07) is 0.756. The van der Waals surface area contributed by atoms with Crippen molar-refractivity contribution in [3.63, 3.8) is 0 Å². The van der Waals surface area contributed by atoms with E-state index in [0.29, 0.717) is 5.41 Å². The van der Waals surface area contributed by atoms with Crippen molar-refractivity contribution in [2.75, 3.05) is 6.54 Å². The summed E-state index contributed by atoms with van der Waals surface area (Å²) in [6.07, 6.45) is 6.98. The lowest BCUT2D eigenvalue weighted by atomic mass is 9.69. The Balaban J connectivity index is 2.53. The maximum atomic E-state index is 3.73. The minimum atomic E-state index is 0.600. The lowest BCUT2D eigenvalue weighted by Gasteiger charge is -2.40. The Labute approximate surface area is 102 Å². The van der Waals surface area contributed by atoms with Gasteiger partial charge in [0.1, 0.15) is 0 Å². The van der Waals surface area contributed by atoms with Gasteiger partial charge in [-0.15, -0.1) is 0 Å². The molecule has 2 unspecified atom stereocenters. The van der Waals surface area contributed by atoms with E-state index < -0.39 is 0 Å². The first kappa shape index (κ1) is 14.0. The highest BCUT2D eigenvalue weighted by molar-refractivity contribution is 4.87. The highest BCUT2D eigenvalue weighted by Crippen LogP contribution is 2.40. The fraction of sp³-hybridized carbons (Fsp3) is 1.00. The summed E-state index contributed by atoms with van der Waals surface area (Å²) in [6.45, 7) is 12.9. The molecule has 0 amide bonds. The van der Waals surface area contributed by atoms with E-state index in [1.54, 1.807) is 0 Å². The average molecular weight is 225 g/mol. The molecule has 1 fully saturated rings. The average Bonchev–Trinajstić information content (AvgIpc) is 2.25. The van der Waals surface area contributed by atoms with Gasteiger partial charge in [0.15, 0.2) is 0 Å². The lowest BCUT2D eigenvalue weighted by Crippen LogP contribution is -2.43. The molecule has 1 aliphatic carbocycles. The van der Waals surface area contributed by atoms with E-state index in [4.69, 9.17) is 0 Å². The van der Waals surface area contributed by atoms with E-state index >= 15 is 0 Å². The highest BCUT2D eigenvalue weighted by Gasteiger charge is 2.32. The molecule has 0 bridgehead atoms. The minimum Gasteiger partial charge on any atom is -0.314 e. The van der Waals surface area contributed by atoms with E-state index in [-0.39, 0.29) is 0 Å². The van der Waals surface area contributed by atoms with Crippen LogP contribution in [0.4, 0.5) is 0 Å². The Morgan fingerprint density at radius 2 is 1.75 bits per heavy atom. The minimum absolute atomic E-state index is 0.600. The molecule has 0 aromatic heterocycles. The zero-order valence-electron chi connectivity index (χ0n) is 12.0. The molecule has 0 aromatic carbocycles. The molecule has 0 heterocycles. The van der Waals surface area contributed by atoms with Crippen molar-refractivity contribution in [1.29, 1.82) is 0 Å². The second kappa shape index (κ2) is 6.05. The highest BCUT2D eigenvalue weighted by atomic mass is 14.9. The van der Waals surface area contributed by atoms with E-state index in [2.05, 4.69) is 39.9 Å². The van der Waals surface area contributed by atoms with Gasteiger partial charge in [-0.1, -0.05) is 41.0 Å². The maximum absolute atomic E-state index is 3.73. The second-order valence-corrected chi connectivity index (χ2v) is 6.47. The molecule has 0 aromatic rings. The van der Waals surface area contributed by atoms with Gasteiger partial charge >= 0.3 is 0 Å². The molecule has 0 radical (unpaired) electrons. The molecule has 96 valence electrons. The van der Waals surface area contributed by atoms with E-state index in [1.807, 2.05) is 0 Å². The van der Waals surface area contributed by atoms with Crippen molar-refractivity contribution in [3.05, 3.63) is 0 Å². The Morgan fingerprint density at radius 1 is 1.19 bits per heavy atom. The van der Waals surface area contributed by atoms with Gasteiger partial charge in [-0.25, -0.2) is 0 Å². The van der Waals surface area contributed by atoms with Crippen molar-refractivity contribution in [2.45, 2.75) is 72.8 Å². The van der Waals surface area contributed by atoms with Crippen LogP contribution in [0.1, 0.15) is 66.7 Å². The van der Waals surface area contributed by atoms with Gasteiger partial charge in [0.25, 0.3) is 0 Å². The third-order valence-electron chi connectivity index (χ3n) is 4.59. The van der Waals surface area contributed by atoms with Crippen LogP contribution in [0.5, 0.6) is 0 Å². The van der Waals surface area contributed by atoms with Crippen molar-refractivity contribution in [2.24, 2.45) is 17.3 Å². The van der Waals surface area contributed by atoms with Crippen molar-refractivity contribution < 1.29 is 0 Å². The summed E-state index contributed by atoms with van der Waals surface area (Å²) >= 11 is 0. The van der Waals surface area contributed by atoms with E-state index in [9.17, 15) is 0 Å². The Bertz CT molecular complexity index is 188. The smallest absolute Gasteiger partial charge is 0.0121 e. The summed E-state index contributed by atoms with van der Waals surface area (Å²) in [5, 5.41) is 3.73. The molecular weight excluding hydrogens is 194 g/mol. The molecule has 2 atom stereocenters. The molecule has 0 spiro atoms. The molecule has 1 rings (SSSR count). The normalized spacial score (nSPS) is 25.3. The summed E-state index contributed by atoms with van der Waals surface area (Å²) in [4.78, 5) is 0. The molecule has 1 heteroatoms. The van der Waals surface area contributed by atoms with Gasteiger partial charge in [-0.3, -0.25) is 0 Å². The molecule has 16 heavy (non-hydrogen) atoms. The Morgan fingerprint density at radius 3 is 2.19 bits per heavy atom. The van der Waals surface area contributed by atoms with Crippen LogP contribution >= 0.6 is 0 Å². The van der Waals surface area contributed by atoms with E-state index in [0.717, 1.165) is 24.4 Å². The number of hydrogen-bond donors (Lipinski definition) is 1. The SMILES string of the molecule is CCNC(C(C)CC)C1CCC(C)(C)CC1. The summed E-state index contributed by atoms with van der Waals surface area (Å²) in [7, 11) is 0. The maximum Gasteiger partial charge on any atom is 0.0121 e. The zero-order valence-corrected chi connectivity index (χ0v) is 12.0. The molecule has 1 nitrogen and oxygen atoms in total. The van der Waals surface area contributed by atoms with Crippen LogP contribution in [0, 0.1) is 17.3 Å². The third kappa shape index (κ3) is 3.76. The monoisotopic (exact) mass is 225 g/mol. The molecule has 0 aliphatic heterocycles. The van der Waals surface area contributed by atoms with Crippen LogP contribution in [-0.2, 0) is 0 Å². The first-order valence-electron chi connectivity index (χ1n) is 7.23. The molecule has 1 aliphatic rings. The van der Waals surface area contributed by atoms with E-state index in [1.165, 1.54) is 32.1 Å². The largest absolute Gasteiger partial charge is 0.314 e. The summed E-state index contributed by atoms with van der Waals surface area (Å²) < 4.78 is 0. The Hall–Kier alpha value is -0.0400. The summed E-state index contributed by atoms with van der Waals surface area (Å²) in [5.41, 5.74) is 0.600. The van der Waals surface area contributed by atoms with Crippen LogP contribution in [0.15, 0.2) is 0 Å². The van der Waals surface area contributed by atoms with Crippen molar-refractivity contribution in [3.8, 4) is 0 Å². The third-order valence-corrected chi connectivity index (χ3v) is 4.59. The quantitative estimate of drug-likeness (QED) is 0.738. The Kier molecular flexibility index (Phi) is 5.30.